The summed E-state index contributed by atoms with van der Waals surface area (Å²) in [6.07, 6.45) is 2.15. The number of H-pyrrole nitrogens is 1. The fourth-order valence-electron chi connectivity index (χ4n) is 3.15. The highest BCUT2D eigenvalue weighted by Crippen LogP contribution is 2.32. The number of hydrogen-bond donors (Lipinski definition) is 1. The Bertz CT molecular complexity index is 788. The molecule has 0 bridgehead atoms. The van der Waals surface area contributed by atoms with Crippen LogP contribution in [0.1, 0.15) is 17.2 Å². The lowest BCUT2D eigenvalue weighted by Crippen LogP contribution is -2.08. The van der Waals surface area contributed by atoms with E-state index in [1.807, 2.05) is 6.07 Å². The topological polar surface area (TPSA) is 20.7 Å². The van der Waals surface area contributed by atoms with E-state index < -0.39 is 0 Å². The molecule has 2 nitrogen and oxygen atoms in total. The van der Waals surface area contributed by atoms with E-state index in [2.05, 4.69) is 52.0 Å². The van der Waals surface area contributed by atoms with Gasteiger partial charge in [0.1, 0.15) is 0 Å². The summed E-state index contributed by atoms with van der Waals surface area (Å²) < 4.78 is 3.11. The first-order valence-electron chi connectivity index (χ1n) is 6.59. The first kappa shape index (κ1) is 11.0. The minimum Gasteiger partial charge on any atom is -0.331 e. The molecule has 1 aromatic heterocycles. The Kier molecular flexibility index (Phi) is 2.35. The van der Waals surface area contributed by atoms with Gasteiger partial charge < -0.3 is 9.55 Å². The first-order chi connectivity index (χ1) is 9.33. The molecule has 0 radical (unpaired) electrons. The molecule has 1 aliphatic carbocycles. The molecule has 0 saturated heterocycles. The third kappa shape index (κ3) is 1.65. The van der Waals surface area contributed by atoms with Crippen LogP contribution in [-0.4, -0.2) is 9.55 Å². The smallest absolute Gasteiger partial charge is 0.178 e. The number of aromatic nitrogens is 2. The number of benzene rings is 2. The van der Waals surface area contributed by atoms with Gasteiger partial charge in [-0.1, -0.05) is 36.4 Å². The highest BCUT2D eigenvalue weighted by molar-refractivity contribution is 7.71. The molecule has 2 aromatic carbocycles. The molecule has 0 atom stereocenters. The van der Waals surface area contributed by atoms with Gasteiger partial charge in [-0.3, -0.25) is 0 Å². The standard InChI is InChI=1S/C16H14N2S/c19-16-17-14-7-3-4-8-15(14)18(16)13-9-11-5-1-2-6-12(11)10-13/h1-8,13H,9-10H2,(H,17,19). The van der Waals surface area contributed by atoms with Crippen LogP contribution in [0.15, 0.2) is 48.5 Å². The molecule has 4 rings (SSSR count). The van der Waals surface area contributed by atoms with Crippen LogP contribution in [-0.2, 0) is 12.8 Å². The van der Waals surface area contributed by atoms with E-state index >= 15 is 0 Å². The summed E-state index contributed by atoms with van der Waals surface area (Å²) in [6.45, 7) is 0. The quantitative estimate of drug-likeness (QED) is 0.659. The minimum atomic E-state index is 0.445. The SMILES string of the molecule is S=c1[nH]c2ccccc2n1C1Cc2ccccc2C1. The van der Waals surface area contributed by atoms with Gasteiger partial charge in [0.15, 0.2) is 4.77 Å². The van der Waals surface area contributed by atoms with E-state index in [0.29, 0.717) is 6.04 Å². The number of fused-ring (bicyclic) bond motifs is 2. The predicted molar refractivity (Wildman–Crippen MR) is 80.0 cm³/mol. The first-order valence-corrected chi connectivity index (χ1v) is 7.00. The molecule has 94 valence electrons. The number of imidazole rings is 1. The van der Waals surface area contributed by atoms with Crippen molar-refractivity contribution in [2.45, 2.75) is 18.9 Å². The van der Waals surface area contributed by atoms with Gasteiger partial charge in [-0.05, 0) is 48.3 Å². The molecule has 0 saturated carbocycles. The number of para-hydroxylation sites is 2. The van der Waals surface area contributed by atoms with Crippen LogP contribution < -0.4 is 0 Å². The molecular formula is C16H14N2S. The van der Waals surface area contributed by atoms with Gasteiger partial charge in [0, 0.05) is 6.04 Å². The van der Waals surface area contributed by atoms with Gasteiger partial charge in [0.2, 0.25) is 0 Å². The van der Waals surface area contributed by atoms with Crippen molar-refractivity contribution in [1.82, 2.24) is 9.55 Å². The summed E-state index contributed by atoms with van der Waals surface area (Å²) in [4.78, 5) is 3.31. The molecule has 0 unspecified atom stereocenters. The summed E-state index contributed by atoms with van der Waals surface area (Å²) in [6, 6.07) is 17.5. The van der Waals surface area contributed by atoms with Crippen LogP contribution in [0.25, 0.3) is 11.0 Å². The minimum absolute atomic E-state index is 0.445. The lowest BCUT2D eigenvalue weighted by Gasteiger charge is -2.12. The van der Waals surface area contributed by atoms with Crippen LogP contribution in [0.4, 0.5) is 0 Å². The van der Waals surface area contributed by atoms with Crippen LogP contribution in [0.2, 0.25) is 0 Å². The molecule has 3 heteroatoms. The van der Waals surface area contributed by atoms with Crippen molar-refractivity contribution in [3.05, 3.63) is 64.4 Å². The second kappa shape index (κ2) is 4.07. The maximum absolute atomic E-state index is 5.51. The van der Waals surface area contributed by atoms with Gasteiger partial charge in [-0.2, -0.15) is 0 Å². The summed E-state index contributed by atoms with van der Waals surface area (Å²) in [5.74, 6) is 0. The largest absolute Gasteiger partial charge is 0.331 e. The molecule has 0 aliphatic heterocycles. The molecule has 1 aliphatic rings. The van der Waals surface area contributed by atoms with E-state index in [-0.39, 0.29) is 0 Å². The summed E-state index contributed by atoms with van der Waals surface area (Å²) in [7, 11) is 0. The zero-order chi connectivity index (χ0) is 12.8. The lowest BCUT2D eigenvalue weighted by molar-refractivity contribution is 0.537. The van der Waals surface area contributed by atoms with Crippen molar-refractivity contribution >= 4 is 23.3 Å². The molecule has 1 heterocycles. The number of nitrogens with one attached hydrogen (secondary N) is 1. The van der Waals surface area contributed by atoms with E-state index in [1.54, 1.807) is 0 Å². The molecule has 1 N–H and O–H groups in total. The fourth-order valence-corrected chi connectivity index (χ4v) is 3.51. The normalized spacial score (nSPS) is 14.9. The highest BCUT2D eigenvalue weighted by Gasteiger charge is 2.24. The Morgan fingerprint density at radius 2 is 1.58 bits per heavy atom. The summed E-state index contributed by atoms with van der Waals surface area (Å²) in [5.41, 5.74) is 5.26. The van der Waals surface area contributed by atoms with Gasteiger partial charge in [-0.25, -0.2) is 0 Å². The Hall–Kier alpha value is -1.87. The lowest BCUT2D eigenvalue weighted by atomic mass is 10.1. The average molecular weight is 266 g/mol. The van der Waals surface area contributed by atoms with E-state index in [0.717, 1.165) is 23.1 Å². The van der Waals surface area contributed by atoms with Crippen molar-refractivity contribution in [3.63, 3.8) is 0 Å². The molecule has 19 heavy (non-hydrogen) atoms. The van der Waals surface area contributed by atoms with E-state index in [1.165, 1.54) is 16.6 Å². The Labute approximate surface area is 116 Å². The second-order valence-corrected chi connectivity index (χ2v) is 5.53. The van der Waals surface area contributed by atoms with Crippen LogP contribution in [0, 0.1) is 4.77 Å². The number of aromatic amines is 1. The maximum atomic E-state index is 5.51. The van der Waals surface area contributed by atoms with Crippen LogP contribution in [0.3, 0.4) is 0 Å². The molecule has 0 spiro atoms. The third-order valence-electron chi connectivity index (χ3n) is 4.02. The van der Waals surface area contributed by atoms with Crippen molar-refractivity contribution in [2.75, 3.05) is 0 Å². The number of rotatable bonds is 1. The number of nitrogens with zero attached hydrogens (tertiary/aromatic N) is 1. The third-order valence-corrected chi connectivity index (χ3v) is 4.32. The average Bonchev–Trinajstić information content (AvgIpc) is 2.97. The fraction of sp³-hybridized carbons (Fsp3) is 0.188. The van der Waals surface area contributed by atoms with Crippen molar-refractivity contribution < 1.29 is 0 Å². The van der Waals surface area contributed by atoms with Gasteiger partial charge in [0.25, 0.3) is 0 Å². The van der Waals surface area contributed by atoms with Crippen molar-refractivity contribution in [3.8, 4) is 0 Å². The molecule has 0 fully saturated rings. The van der Waals surface area contributed by atoms with Crippen molar-refractivity contribution in [2.24, 2.45) is 0 Å². The molecule has 3 aromatic rings. The zero-order valence-electron chi connectivity index (χ0n) is 10.5. The highest BCUT2D eigenvalue weighted by atomic mass is 32.1. The summed E-state index contributed by atoms with van der Waals surface area (Å²) >= 11 is 5.51. The monoisotopic (exact) mass is 266 g/mol. The van der Waals surface area contributed by atoms with Gasteiger partial charge >= 0.3 is 0 Å². The Balaban J connectivity index is 1.85. The van der Waals surface area contributed by atoms with E-state index in [9.17, 15) is 0 Å². The predicted octanol–water partition coefficient (Wildman–Crippen LogP) is 4.04. The molecular weight excluding hydrogens is 252 g/mol. The van der Waals surface area contributed by atoms with Gasteiger partial charge in [-0.15, -0.1) is 0 Å². The van der Waals surface area contributed by atoms with Crippen LogP contribution >= 0.6 is 12.2 Å². The Morgan fingerprint density at radius 1 is 0.947 bits per heavy atom. The second-order valence-electron chi connectivity index (χ2n) is 5.15. The summed E-state index contributed by atoms with van der Waals surface area (Å²) in [5, 5.41) is 0. The number of hydrogen-bond acceptors (Lipinski definition) is 1. The van der Waals surface area contributed by atoms with Gasteiger partial charge in [0.05, 0.1) is 11.0 Å². The zero-order valence-corrected chi connectivity index (χ0v) is 11.3. The van der Waals surface area contributed by atoms with Crippen LogP contribution in [0.5, 0.6) is 0 Å². The van der Waals surface area contributed by atoms with Crippen molar-refractivity contribution in [1.29, 1.82) is 0 Å². The molecule has 0 amide bonds. The van der Waals surface area contributed by atoms with E-state index in [4.69, 9.17) is 12.2 Å². The maximum Gasteiger partial charge on any atom is 0.178 e. The Morgan fingerprint density at radius 3 is 2.32 bits per heavy atom.